The molecule has 0 aliphatic rings. The lowest BCUT2D eigenvalue weighted by Crippen LogP contribution is -2.21. The van der Waals surface area contributed by atoms with E-state index in [1.807, 2.05) is 84.9 Å². The highest BCUT2D eigenvalue weighted by atomic mass is 16.3. The van der Waals surface area contributed by atoms with Crippen molar-refractivity contribution in [2.45, 2.75) is 0 Å². The first-order valence-electron chi connectivity index (χ1n) is 15.3. The molecule has 6 aromatic carbocycles. The molecule has 6 aromatic rings. The number of benzene rings is 6. The number of fused-ring (bicyclic) bond motifs is 1. The zero-order valence-electron chi connectivity index (χ0n) is 26.5. The summed E-state index contributed by atoms with van der Waals surface area (Å²) in [7, 11) is 3.44. The molecule has 7 nitrogen and oxygen atoms in total. The van der Waals surface area contributed by atoms with Gasteiger partial charge in [-0.15, -0.1) is 0 Å². The van der Waals surface area contributed by atoms with E-state index in [0.717, 1.165) is 33.0 Å². The molecule has 0 bridgehead atoms. The number of anilines is 2. The van der Waals surface area contributed by atoms with Crippen LogP contribution in [0.5, 0.6) is 0 Å². The number of hydrogen-bond acceptors (Lipinski definition) is 4. The summed E-state index contributed by atoms with van der Waals surface area (Å²) in [6, 6.07) is 40.6. The molecular formula is C41H33N3O4. The van der Waals surface area contributed by atoms with E-state index in [9.17, 15) is 19.5 Å². The third kappa shape index (κ3) is 6.71. The standard InChI is InChI=1S/C41H33N3O4/c1-26(45)35-24-25-38(37-7-5-4-6-36(35)37)43-40(47)32-16-10-28(11-17-32)30-20-22-34(23-21-30)42-39(46)31-14-8-27(9-15-31)29-12-18-33(19-13-29)41(48)44(2)3/h4-25,45H,1H2,2-3H3,(H,42,46)(H,43,47). The molecule has 0 aliphatic heterocycles. The summed E-state index contributed by atoms with van der Waals surface area (Å²) in [5.74, 6) is -0.549. The summed E-state index contributed by atoms with van der Waals surface area (Å²) in [6.07, 6.45) is 0. The monoisotopic (exact) mass is 631 g/mol. The van der Waals surface area contributed by atoms with Gasteiger partial charge in [-0.05, 0) is 88.3 Å². The van der Waals surface area contributed by atoms with Crippen molar-refractivity contribution in [3.05, 3.63) is 162 Å². The molecule has 0 fully saturated rings. The van der Waals surface area contributed by atoms with Gasteiger partial charge in [0.15, 0.2) is 0 Å². The van der Waals surface area contributed by atoms with Crippen molar-refractivity contribution in [3.8, 4) is 22.3 Å². The Labute approximate surface area is 278 Å². The lowest BCUT2D eigenvalue weighted by atomic mass is 10.0. The summed E-state index contributed by atoms with van der Waals surface area (Å²) in [4.78, 5) is 39.7. The van der Waals surface area contributed by atoms with Crippen molar-refractivity contribution in [1.29, 1.82) is 0 Å². The molecule has 7 heteroatoms. The molecular weight excluding hydrogens is 598 g/mol. The Morgan fingerprint density at radius 3 is 1.46 bits per heavy atom. The Hall–Kier alpha value is -6.47. The maximum Gasteiger partial charge on any atom is 0.255 e. The number of carbonyl (C=O) groups is 3. The quantitative estimate of drug-likeness (QED) is 0.146. The molecule has 0 atom stereocenters. The highest BCUT2D eigenvalue weighted by molar-refractivity contribution is 6.10. The van der Waals surface area contributed by atoms with Crippen LogP contribution in [0.4, 0.5) is 11.4 Å². The van der Waals surface area contributed by atoms with Gasteiger partial charge in [0.1, 0.15) is 5.76 Å². The van der Waals surface area contributed by atoms with Crippen LogP contribution in [0.2, 0.25) is 0 Å². The van der Waals surface area contributed by atoms with Gasteiger partial charge in [0, 0.05) is 53.1 Å². The summed E-state index contributed by atoms with van der Waals surface area (Å²) >= 11 is 0. The smallest absolute Gasteiger partial charge is 0.255 e. The Morgan fingerprint density at radius 2 is 0.979 bits per heavy atom. The lowest BCUT2D eigenvalue weighted by Gasteiger charge is -2.12. The average molecular weight is 632 g/mol. The van der Waals surface area contributed by atoms with Gasteiger partial charge in [-0.2, -0.15) is 0 Å². The van der Waals surface area contributed by atoms with Crippen LogP contribution in [0.3, 0.4) is 0 Å². The van der Waals surface area contributed by atoms with Gasteiger partial charge in [0.05, 0.1) is 0 Å². The first-order valence-corrected chi connectivity index (χ1v) is 15.3. The maximum absolute atomic E-state index is 13.1. The molecule has 0 aliphatic carbocycles. The van der Waals surface area contributed by atoms with E-state index in [1.54, 1.807) is 62.6 Å². The van der Waals surface area contributed by atoms with Crippen molar-refractivity contribution in [1.82, 2.24) is 4.90 Å². The molecule has 0 saturated heterocycles. The van der Waals surface area contributed by atoms with Gasteiger partial charge >= 0.3 is 0 Å². The summed E-state index contributed by atoms with van der Waals surface area (Å²) in [6.45, 7) is 3.64. The summed E-state index contributed by atoms with van der Waals surface area (Å²) in [5.41, 5.74) is 7.33. The van der Waals surface area contributed by atoms with Crippen LogP contribution < -0.4 is 10.6 Å². The highest BCUT2D eigenvalue weighted by Gasteiger charge is 2.13. The van der Waals surface area contributed by atoms with Crippen LogP contribution in [0.25, 0.3) is 38.8 Å². The van der Waals surface area contributed by atoms with Crippen LogP contribution in [0.15, 0.2) is 140 Å². The van der Waals surface area contributed by atoms with Crippen molar-refractivity contribution in [2.24, 2.45) is 0 Å². The Kier molecular flexibility index (Phi) is 8.85. The SMILES string of the molecule is C=C(O)c1ccc(NC(=O)c2ccc(-c3ccc(NC(=O)c4ccc(-c5ccc(C(=O)N(C)C)cc5)cc4)cc3)cc2)c2ccccc12. The number of nitrogens with one attached hydrogen (secondary N) is 2. The number of aliphatic hydroxyl groups is 1. The summed E-state index contributed by atoms with van der Waals surface area (Å²) < 4.78 is 0. The zero-order valence-corrected chi connectivity index (χ0v) is 26.5. The van der Waals surface area contributed by atoms with E-state index in [1.165, 1.54) is 4.90 Å². The third-order valence-electron chi connectivity index (χ3n) is 8.12. The van der Waals surface area contributed by atoms with E-state index < -0.39 is 0 Å². The van der Waals surface area contributed by atoms with Gasteiger partial charge < -0.3 is 20.6 Å². The van der Waals surface area contributed by atoms with Crippen LogP contribution >= 0.6 is 0 Å². The minimum Gasteiger partial charge on any atom is -0.508 e. The lowest BCUT2D eigenvalue weighted by molar-refractivity contribution is 0.0827. The molecule has 48 heavy (non-hydrogen) atoms. The number of carbonyl (C=O) groups excluding carboxylic acids is 3. The van der Waals surface area contributed by atoms with Crippen LogP contribution in [0.1, 0.15) is 36.6 Å². The fraction of sp³-hybridized carbons (Fsp3) is 0.0488. The molecule has 236 valence electrons. The van der Waals surface area contributed by atoms with Gasteiger partial charge in [-0.3, -0.25) is 14.4 Å². The number of aliphatic hydroxyl groups excluding tert-OH is 1. The first-order chi connectivity index (χ1) is 23.2. The number of nitrogens with zero attached hydrogens (tertiary/aromatic N) is 1. The molecule has 3 N–H and O–H groups in total. The Morgan fingerprint density at radius 1 is 0.542 bits per heavy atom. The molecule has 0 heterocycles. The predicted molar refractivity (Wildman–Crippen MR) is 193 cm³/mol. The molecule has 0 spiro atoms. The largest absolute Gasteiger partial charge is 0.508 e. The second-order valence-electron chi connectivity index (χ2n) is 11.6. The molecule has 0 unspecified atom stereocenters. The number of amides is 3. The van der Waals surface area contributed by atoms with Crippen LogP contribution in [-0.4, -0.2) is 41.8 Å². The number of hydrogen-bond donors (Lipinski definition) is 3. The van der Waals surface area contributed by atoms with E-state index in [-0.39, 0.29) is 23.5 Å². The second kappa shape index (κ2) is 13.5. The van der Waals surface area contributed by atoms with E-state index in [0.29, 0.717) is 33.6 Å². The zero-order chi connectivity index (χ0) is 33.8. The minimum absolute atomic E-state index is 0.0276. The highest BCUT2D eigenvalue weighted by Crippen LogP contribution is 2.30. The summed E-state index contributed by atoms with van der Waals surface area (Å²) in [5, 5.41) is 17.5. The molecule has 0 saturated carbocycles. The second-order valence-corrected chi connectivity index (χ2v) is 11.6. The van der Waals surface area contributed by atoms with E-state index >= 15 is 0 Å². The maximum atomic E-state index is 13.1. The molecule has 0 radical (unpaired) electrons. The predicted octanol–water partition coefficient (Wildman–Crippen LogP) is 8.91. The fourth-order valence-electron chi connectivity index (χ4n) is 5.50. The van der Waals surface area contributed by atoms with Crippen LogP contribution in [0, 0.1) is 0 Å². The molecule has 3 amide bonds. The topological polar surface area (TPSA) is 98.7 Å². The fourth-order valence-corrected chi connectivity index (χ4v) is 5.50. The average Bonchev–Trinajstić information content (AvgIpc) is 3.11. The van der Waals surface area contributed by atoms with Gasteiger partial charge in [0.25, 0.3) is 17.7 Å². The van der Waals surface area contributed by atoms with Crippen molar-refractivity contribution in [2.75, 3.05) is 24.7 Å². The van der Waals surface area contributed by atoms with E-state index in [2.05, 4.69) is 17.2 Å². The first kappa shape index (κ1) is 31.5. The minimum atomic E-state index is -0.247. The third-order valence-corrected chi connectivity index (χ3v) is 8.12. The Balaban J connectivity index is 1.08. The van der Waals surface area contributed by atoms with Crippen molar-refractivity contribution < 1.29 is 19.5 Å². The van der Waals surface area contributed by atoms with Crippen molar-refractivity contribution in [3.63, 3.8) is 0 Å². The van der Waals surface area contributed by atoms with Crippen molar-refractivity contribution >= 4 is 45.6 Å². The van der Waals surface area contributed by atoms with Gasteiger partial charge in [-0.1, -0.05) is 79.4 Å². The van der Waals surface area contributed by atoms with Gasteiger partial charge in [0.2, 0.25) is 0 Å². The normalized spacial score (nSPS) is 10.7. The Bertz CT molecular complexity index is 2150. The van der Waals surface area contributed by atoms with Gasteiger partial charge in [-0.25, -0.2) is 0 Å². The number of rotatable bonds is 8. The molecule has 0 aromatic heterocycles. The van der Waals surface area contributed by atoms with E-state index in [4.69, 9.17) is 0 Å². The molecule has 6 rings (SSSR count). The van der Waals surface area contributed by atoms with Crippen LogP contribution in [-0.2, 0) is 0 Å².